The maximum atomic E-state index is 12.5. The number of anilines is 1. The lowest BCUT2D eigenvalue weighted by Crippen LogP contribution is -2.39. The van der Waals surface area contributed by atoms with Crippen LogP contribution < -0.4 is 22.0 Å². The molecule has 2 aliphatic carbocycles. The first-order valence-electron chi connectivity index (χ1n) is 10.5. The van der Waals surface area contributed by atoms with Gasteiger partial charge in [0.2, 0.25) is 0 Å². The third-order valence-electron chi connectivity index (χ3n) is 5.23. The molecule has 0 heterocycles. The number of benzene rings is 1. The maximum Gasteiger partial charge on any atom is 0.573 e. The molecule has 3 rings (SSSR count). The van der Waals surface area contributed by atoms with Crippen LogP contribution in [0.2, 0.25) is 0 Å². The van der Waals surface area contributed by atoms with Gasteiger partial charge >= 0.3 is 6.36 Å². The van der Waals surface area contributed by atoms with E-state index in [1.165, 1.54) is 12.2 Å². The Morgan fingerprint density at radius 1 is 1.21 bits per heavy atom. The number of allylic oxidation sites excluding steroid dienone is 6. The molecule has 2 aliphatic rings. The Morgan fingerprint density at radius 2 is 1.94 bits per heavy atom. The van der Waals surface area contributed by atoms with E-state index in [0.29, 0.717) is 11.5 Å². The Kier molecular flexibility index (Phi) is 8.43. The lowest BCUT2D eigenvalue weighted by Gasteiger charge is -2.24. The number of thiocarbonyl (C=S) groups is 1. The topological polar surface area (TPSA) is 83.7 Å². The number of hydrogen-bond acceptors (Lipinski definition) is 5. The van der Waals surface area contributed by atoms with E-state index >= 15 is 0 Å². The Balaban J connectivity index is 1.57. The highest BCUT2D eigenvalue weighted by atomic mass is 32.1. The lowest BCUT2D eigenvalue weighted by molar-refractivity contribution is -0.303. The van der Waals surface area contributed by atoms with Gasteiger partial charge in [-0.25, -0.2) is 0 Å². The fraction of sp³-hybridized carbons (Fsp3) is 0.250. The first-order chi connectivity index (χ1) is 16.1. The third kappa shape index (κ3) is 7.41. The molecule has 2 atom stereocenters. The largest absolute Gasteiger partial charge is 0.573 e. The molecule has 0 fully saturated rings. The minimum atomic E-state index is -4.75. The van der Waals surface area contributed by atoms with Crippen molar-refractivity contribution in [1.82, 2.24) is 10.9 Å². The Morgan fingerprint density at radius 3 is 2.56 bits per heavy atom. The van der Waals surface area contributed by atoms with Crippen molar-refractivity contribution in [2.24, 2.45) is 16.9 Å². The van der Waals surface area contributed by atoms with Crippen LogP contribution in [-0.2, 0) is 4.74 Å². The van der Waals surface area contributed by atoms with Gasteiger partial charge in [0.15, 0.2) is 5.11 Å². The molecule has 1 aromatic rings. The summed E-state index contributed by atoms with van der Waals surface area (Å²) >= 11 is 5.31. The van der Waals surface area contributed by atoms with Crippen molar-refractivity contribution in [2.45, 2.75) is 32.7 Å². The summed E-state index contributed by atoms with van der Waals surface area (Å²) in [6, 6.07) is 5.64. The van der Waals surface area contributed by atoms with Crippen LogP contribution >= 0.6 is 12.2 Å². The van der Waals surface area contributed by atoms with E-state index in [0.717, 1.165) is 28.0 Å². The van der Waals surface area contributed by atoms with Crippen LogP contribution in [0.25, 0.3) is 0 Å². The number of para-hydroxylation sites is 1. The van der Waals surface area contributed by atoms with Gasteiger partial charge in [-0.3, -0.25) is 16.7 Å². The van der Waals surface area contributed by atoms with Gasteiger partial charge in [0, 0.05) is 17.6 Å². The first-order valence-corrected chi connectivity index (χ1v) is 10.9. The predicted molar refractivity (Wildman–Crippen MR) is 133 cm³/mol. The molecule has 0 aliphatic heterocycles. The van der Waals surface area contributed by atoms with Gasteiger partial charge in [-0.2, -0.15) is 5.10 Å². The quantitative estimate of drug-likeness (QED) is 0.198. The smallest absolute Gasteiger partial charge is 0.406 e. The number of hydrazine groups is 1. The molecular formula is C24H26F3N5OS. The normalized spacial score (nSPS) is 21.4. The van der Waals surface area contributed by atoms with E-state index in [4.69, 9.17) is 18.1 Å². The zero-order chi connectivity index (χ0) is 24.7. The van der Waals surface area contributed by atoms with Gasteiger partial charge in [-0.15, -0.1) is 13.2 Å². The van der Waals surface area contributed by atoms with Gasteiger partial charge < -0.3 is 10.1 Å². The first kappa shape index (κ1) is 25.4. The molecule has 0 saturated heterocycles. The summed E-state index contributed by atoms with van der Waals surface area (Å²) in [5, 5.41) is 7.70. The second kappa shape index (κ2) is 11.3. The lowest BCUT2D eigenvalue weighted by atomic mass is 9.90. The molecular weight excluding hydrogens is 463 g/mol. The number of halogens is 3. The van der Waals surface area contributed by atoms with E-state index in [-0.39, 0.29) is 11.8 Å². The van der Waals surface area contributed by atoms with Crippen LogP contribution in [0.3, 0.4) is 0 Å². The van der Waals surface area contributed by atoms with E-state index in [2.05, 4.69) is 26.0 Å². The van der Waals surface area contributed by atoms with Crippen LogP contribution in [0.4, 0.5) is 18.9 Å². The SMILES string of the molecule is Cc1cccc(C)c1NC(=S)N/N=C/C1=CC/C(=C\C2C=C(OC(F)(F)F)C=CC2NN)C=C1. The van der Waals surface area contributed by atoms with Crippen molar-refractivity contribution in [3.8, 4) is 0 Å². The number of nitrogens with two attached hydrogens (primary N) is 1. The summed E-state index contributed by atoms with van der Waals surface area (Å²) < 4.78 is 41.7. The highest BCUT2D eigenvalue weighted by molar-refractivity contribution is 7.80. The summed E-state index contributed by atoms with van der Waals surface area (Å²) in [6.45, 7) is 4.00. The number of rotatable bonds is 6. The number of alkyl halides is 3. The van der Waals surface area contributed by atoms with Gasteiger partial charge in [0.05, 0.1) is 6.21 Å². The van der Waals surface area contributed by atoms with Crippen LogP contribution in [-0.4, -0.2) is 23.7 Å². The molecule has 10 heteroatoms. The molecule has 6 nitrogen and oxygen atoms in total. The van der Waals surface area contributed by atoms with Crippen molar-refractivity contribution in [1.29, 1.82) is 0 Å². The van der Waals surface area contributed by atoms with Gasteiger partial charge in [0.1, 0.15) is 5.76 Å². The van der Waals surface area contributed by atoms with Crippen LogP contribution in [0.1, 0.15) is 17.5 Å². The van der Waals surface area contributed by atoms with E-state index in [9.17, 15) is 13.2 Å². The average molecular weight is 490 g/mol. The van der Waals surface area contributed by atoms with Crippen LogP contribution in [0.5, 0.6) is 0 Å². The van der Waals surface area contributed by atoms with E-state index < -0.39 is 12.3 Å². The Hall–Kier alpha value is -3.21. The minimum absolute atomic E-state index is 0.263. The standard InChI is InChI=1S/C24H26F3N5OS/c1-15-4-3-5-16(2)22(15)30-23(34)32-29-14-18-8-6-17(7-9-18)12-19-13-20(33-24(25,26)27)10-11-21(19)31-28/h3-6,8-14,19,21,31H,7,28H2,1-2H3,(H2,30,32,34)/b17-12-,29-14+. The zero-order valence-electron chi connectivity index (χ0n) is 18.7. The number of aryl methyl sites for hydroxylation is 2. The molecule has 0 saturated carbocycles. The summed E-state index contributed by atoms with van der Waals surface area (Å²) in [7, 11) is 0. The highest BCUT2D eigenvalue weighted by Crippen LogP contribution is 2.28. The molecule has 34 heavy (non-hydrogen) atoms. The average Bonchev–Trinajstić information content (AvgIpc) is 2.77. The molecule has 0 radical (unpaired) electrons. The summed E-state index contributed by atoms with van der Waals surface area (Å²) in [6.07, 6.45) is 9.25. The number of nitrogens with zero attached hydrogens (tertiary/aromatic N) is 1. The highest BCUT2D eigenvalue weighted by Gasteiger charge is 2.33. The van der Waals surface area contributed by atoms with Crippen molar-refractivity contribution in [3.05, 3.63) is 88.8 Å². The molecule has 1 aromatic carbocycles. The molecule has 2 unspecified atom stereocenters. The zero-order valence-corrected chi connectivity index (χ0v) is 19.5. The van der Waals surface area contributed by atoms with Gasteiger partial charge in [0.25, 0.3) is 0 Å². The number of nitrogens with one attached hydrogen (secondary N) is 3. The monoisotopic (exact) mass is 489 g/mol. The Bertz CT molecular complexity index is 1080. The number of hydrazone groups is 1. The second-order valence-electron chi connectivity index (χ2n) is 7.82. The van der Waals surface area contributed by atoms with Crippen molar-refractivity contribution in [3.63, 3.8) is 0 Å². The van der Waals surface area contributed by atoms with E-state index in [1.54, 1.807) is 12.3 Å². The Labute approximate surface area is 201 Å². The molecule has 5 N–H and O–H groups in total. The van der Waals surface area contributed by atoms with Crippen LogP contribution in [0.15, 0.2) is 82.7 Å². The predicted octanol–water partition coefficient (Wildman–Crippen LogP) is 4.83. The van der Waals surface area contributed by atoms with Gasteiger partial charge in [-0.1, -0.05) is 48.6 Å². The molecule has 180 valence electrons. The summed E-state index contributed by atoms with van der Waals surface area (Å²) in [5.41, 5.74) is 10.3. The van der Waals surface area contributed by atoms with Crippen molar-refractivity contribution < 1.29 is 17.9 Å². The fourth-order valence-electron chi connectivity index (χ4n) is 3.56. The van der Waals surface area contributed by atoms with Crippen LogP contribution in [0, 0.1) is 19.8 Å². The number of ether oxygens (including phenoxy) is 1. The minimum Gasteiger partial charge on any atom is -0.406 e. The molecule has 0 spiro atoms. The third-order valence-corrected chi connectivity index (χ3v) is 5.43. The van der Waals surface area contributed by atoms with Crippen molar-refractivity contribution in [2.75, 3.05) is 5.32 Å². The maximum absolute atomic E-state index is 12.5. The fourth-order valence-corrected chi connectivity index (χ4v) is 3.71. The molecule has 0 amide bonds. The summed E-state index contributed by atoms with van der Waals surface area (Å²) in [5.74, 6) is 4.88. The molecule has 0 bridgehead atoms. The molecule has 0 aromatic heterocycles. The summed E-state index contributed by atoms with van der Waals surface area (Å²) in [4.78, 5) is 0. The number of hydrogen-bond donors (Lipinski definition) is 4. The van der Waals surface area contributed by atoms with Crippen molar-refractivity contribution >= 4 is 29.2 Å². The van der Waals surface area contributed by atoms with Gasteiger partial charge in [-0.05, 0) is 66.9 Å². The second-order valence-corrected chi connectivity index (χ2v) is 8.23. The van der Waals surface area contributed by atoms with E-state index in [1.807, 2.05) is 56.4 Å².